The van der Waals surface area contributed by atoms with Crippen molar-refractivity contribution in [2.75, 3.05) is 12.8 Å². The van der Waals surface area contributed by atoms with E-state index in [9.17, 15) is 8.42 Å². The van der Waals surface area contributed by atoms with Gasteiger partial charge in [-0.1, -0.05) is 29.8 Å². The fraction of sp³-hybridized carbons (Fsp3) is 0.250. The molecule has 0 amide bonds. The second kappa shape index (κ2) is 5.43. The van der Waals surface area contributed by atoms with E-state index in [1.807, 2.05) is 0 Å². The van der Waals surface area contributed by atoms with Crippen LogP contribution in [0.1, 0.15) is 5.56 Å². The number of halogens is 1. The standard InChI is InChI=1S/C12H15ClN4O2S/c1-16-8-11(12(14)15-16)20(18,19)17(2)7-9-5-3-4-6-10(9)13/h3-6,8H,7H2,1-2H3,(H2,14,15). The number of hydrogen-bond acceptors (Lipinski definition) is 4. The molecule has 0 aliphatic rings. The number of aryl methyl sites for hydroxylation is 1. The molecule has 0 aliphatic heterocycles. The number of nitrogens with zero attached hydrogens (tertiary/aromatic N) is 3. The maximum absolute atomic E-state index is 12.4. The van der Waals surface area contributed by atoms with E-state index in [0.29, 0.717) is 5.02 Å². The first-order valence-electron chi connectivity index (χ1n) is 5.81. The lowest BCUT2D eigenvalue weighted by Crippen LogP contribution is -2.27. The molecule has 0 saturated heterocycles. The van der Waals surface area contributed by atoms with Gasteiger partial charge in [-0.15, -0.1) is 0 Å². The minimum Gasteiger partial charge on any atom is -0.381 e. The number of nitrogens with two attached hydrogens (primary N) is 1. The van der Waals surface area contributed by atoms with Gasteiger partial charge in [-0.25, -0.2) is 8.42 Å². The number of anilines is 1. The van der Waals surface area contributed by atoms with Gasteiger partial charge in [0.25, 0.3) is 0 Å². The quantitative estimate of drug-likeness (QED) is 0.926. The van der Waals surface area contributed by atoms with Crippen LogP contribution < -0.4 is 5.73 Å². The molecule has 0 spiro atoms. The summed E-state index contributed by atoms with van der Waals surface area (Å²) >= 11 is 6.04. The van der Waals surface area contributed by atoms with Gasteiger partial charge in [-0.3, -0.25) is 4.68 Å². The average Bonchev–Trinajstić information content (AvgIpc) is 2.72. The van der Waals surface area contributed by atoms with Gasteiger partial charge in [0.15, 0.2) is 5.82 Å². The second-order valence-electron chi connectivity index (χ2n) is 4.40. The van der Waals surface area contributed by atoms with Crippen LogP contribution in [0.2, 0.25) is 5.02 Å². The summed E-state index contributed by atoms with van der Waals surface area (Å²) in [6.07, 6.45) is 1.38. The summed E-state index contributed by atoms with van der Waals surface area (Å²) in [5.74, 6) is -0.0153. The summed E-state index contributed by atoms with van der Waals surface area (Å²) in [6, 6.07) is 7.09. The Morgan fingerprint density at radius 3 is 2.60 bits per heavy atom. The average molecular weight is 315 g/mol. The molecule has 0 saturated carbocycles. The third-order valence-corrected chi connectivity index (χ3v) is 5.05. The van der Waals surface area contributed by atoms with E-state index >= 15 is 0 Å². The topological polar surface area (TPSA) is 81.2 Å². The highest BCUT2D eigenvalue weighted by atomic mass is 35.5. The van der Waals surface area contributed by atoms with E-state index in [1.54, 1.807) is 31.3 Å². The zero-order valence-corrected chi connectivity index (χ0v) is 12.7. The van der Waals surface area contributed by atoms with Crippen molar-refractivity contribution in [3.8, 4) is 0 Å². The molecule has 0 atom stereocenters. The van der Waals surface area contributed by atoms with Crippen LogP contribution in [0.25, 0.3) is 0 Å². The van der Waals surface area contributed by atoms with Crippen LogP contribution in [0, 0.1) is 0 Å². The number of rotatable bonds is 4. The maximum Gasteiger partial charge on any atom is 0.248 e. The van der Waals surface area contributed by atoms with Crippen LogP contribution in [0.4, 0.5) is 5.82 Å². The van der Waals surface area contributed by atoms with Gasteiger partial charge in [0.05, 0.1) is 0 Å². The van der Waals surface area contributed by atoms with E-state index in [2.05, 4.69) is 5.10 Å². The number of benzene rings is 1. The third kappa shape index (κ3) is 2.79. The van der Waals surface area contributed by atoms with Gasteiger partial charge >= 0.3 is 0 Å². The molecule has 20 heavy (non-hydrogen) atoms. The van der Waals surface area contributed by atoms with Gasteiger partial charge in [0.2, 0.25) is 10.0 Å². The summed E-state index contributed by atoms with van der Waals surface area (Å²) in [5, 5.41) is 4.37. The highest BCUT2D eigenvalue weighted by molar-refractivity contribution is 7.89. The molecule has 0 bridgehead atoms. The van der Waals surface area contributed by atoms with Crippen molar-refractivity contribution in [3.05, 3.63) is 41.0 Å². The van der Waals surface area contributed by atoms with Crippen molar-refractivity contribution in [2.24, 2.45) is 7.05 Å². The Morgan fingerprint density at radius 1 is 1.40 bits per heavy atom. The third-order valence-electron chi connectivity index (χ3n) is 2.86. The van der Waals surface area contributed by atoms with Crippen LogP contribution in [0.5, 0.6) is 0 Å². The highest BCUT2D eigenvalue weighted by Crippen LogP contribution is 2.23. The van der Waals surface area contributed by atoms with Crippen LogP contribution in [-0.4, -0.2) is 29.6 Å². The van der Waals surface area contributed by atoms with Crippen molar-refractivity contribution in [1.82, 2.24) is 14.1 Å². The Bertz CT molecular complexity index is 727. The van der Waals surface area contributed by atoms with Gasteiger partial charge in [-0.05, 0) is 11.6 Å². The zero-order valence-electron chi connectivity index (χ0n) is 11.1. The van der Waals surface area contributed by atoms with Crippen molar-refractivity contribution < 1.29 is 8.42 Å². The molecule has 1 aromatic heterocycles. The van der Waals surface area contributed by atoms with E-state index in [-0.39, 0.29) is 17.3 Å². The predicted octanol–water partition coefficient (Wildman–Crippen LogP) is 1.48. The summed E-state index contributed by atoms with van der Waals surface area (Å²) in [5.41, 5.74) is 6.35. The molecule has 0 radical (unpaired) electrons. The molecule has 2 aromatic rings. The van der Waals surface area contributed by atoms with Crippen molar-refractivity contribution in [2.45, 2.75) is 11.4 Å². The molecule has 2 N–H and O–H groups in total. The van der Waals surface area contributed by atoms with Crippen molar-refractivity contribution in [1.29, 1.82) is 0 Å². The molecular formula is C12H15ClN4O2S. The molecule has 2 rings (SSSR count). The van der Waals surface area contributed by atoms with Gasteiger partial charge in [0.1, 0.15) is 4.90 Å². The zero-order chi connectivity index (χ0) is 14.9. The SMILES string of the molecule is CN(Cc1ccccc1Cl)S(=O)(=O)c1cn(C)nc1N. The second-order valence-corrected chi connectivity index (χ2v) is 6.83. The van der Waals surface area contributed by atoms with Gasteiger partial charge in [-0.2, -0.15) is 9.40 Å². The minimum absolute atomic E-state index is 0.00504. The lowest BCUT2D eigenvalue weighted by atomic mass is 10.2. The van der Waals surface area contributed by atoms with Crippen LogP contribution in [0.15, 0.2) is 35.4 Å². The first-order chi connectivity index (χ1) is 9.32. The van der Waals surface area contributed by atoms with Crippen LogP contribution >= 0.6 is 11.6 Å². The van der Waals surface area contributed by atoms with E-state index < -0.39 is 10.0 Å². The fourth-order valence-corrected chi connectivity index (χ4v) is 3.23. The summed E-state index contributed by atoms with van der Waals surface area (Å²) in [6.45, 7) is 0.163. The molecule has 1 heterocycles. The molecule has 108 valence electrons. The Balaban J connectivity index is 2.31. The number of aromatic nitrogens is 2. The summed E-state index contributed by atoms with van der Waals surface area (Å²) in [4.78, 5) is -0.00504. The van der Waals surface area contributed by atoms with Crippen molar-refractivity contribution in [3.63, 3.8) is 0 Å². The van der Waals surface area contributed by atoms with E-state index in [4.69, 9.17) is 17.3 Å². The van der Waals surface area contributed by atoms with E-state index in [1.165, 1.54) is 22.2 Å². The summed E-state index contributed by atoms with van der Waals surface area (Å²) < 4.78 is 27.4. The Morgan fingerprint density at radius 2 is 2.05 bits per heavy atom. The van der Waals surface area contributed by atoms with Gasteiger partial charge < -0.3 is 5.73 Å². The highest BCUT2D eigenvalue weighted by Gasteiger charge is 2.26. The smallest absolute Gasteiger partial charge is 0.248 e. The van der Waals surface area contributed by atoms with Crippen LogP contribution in [-0.2, 0) is 23.6 Å². The predicted molar refractivity (Wildman–Crippen MR) is 77.7 cm³/mol. The number of sulfonamides is 1. The van der Waals surface area contributed by atoms with Gasteiger partial charge in [0, 0.05) is 31.9 Å². The van der Waals surface area contributed by atoms with Crippen molar-refractivity contribution >= 4 is 27.4 Å². The Hall–Kier alpha value is -1.57. The summed E-state index contributed by atoms with van der Waals surface area (Å²) in [7, 11) is -0.606. The van der Waals surface area contributed by atoms with Crippen LogP contribution in [0.3, 0.4) is 0 Å². The largest absolute Gasteiger partial charge is 0.381 e. The first kappa shape index (κ1) is 14.8. The maximum atomic E-state index is 12.4. The first-order valence-corrected chi connectivity index (χ1v) is 7.63. The number of hydrogen-bond donors (Lipinski definition) is 1. The normalized spacial score (nSPS) is 12.0. The molecule has 0 aliphatic carbocycles. The lowest BCUT2D eigenvalue weighted by molar-refractivity contribution is 0.467. The molecule has 6 nitrogen and oxygen atoms in total. The molecular weight excluding hydrogens is 300 g/mol. The lowest BCUT2D eigenvalue weighted by Gasteiger charge is -2.17. The molecule has 0 fully saturated rings. The fourth-order valence-electron chi connectivity index (χ4n) is 1.80. The number of nitrogen functional groups attached to an aromatic ring is 1. The Labute approximate surface area is 122 Å². The monoisotopic (exact) mass is 314 g/mol. The molecule has 8 heteroatoms. The minimum atomic E-state index is -3.70. The van der Waals surface area contributed by atoms with E-state index in [0.717, 1.165) is 5.56 Å². The molecule has 0 unspecified atom stereocenters. The Kier molecular flexibility index (Phi) is 4.03. The molecule has 1 aromatic carbocycles.